The molecule has 0 aliphatic carbocycles. The molecule has 3 aromatic rings. The molecule has 0 saturated heterocycles. The van der Waals surface area contributed by atoms with Crippen LogP contribution in [0, 0.1) is 0 Å². The Morgan fingerprint density at radius 3 is 2.78 bits per heavy atom. The van der Waals surface area contributed by atoms with Gasteiger partial charge in [-0.25, -0.2) is 4.98 Å². The lowest BCUT2D eigenvalue weighted by Gasteiger charge is -2.06. The number of para-hydroxylation sites is 1. The highest BCUT2D eigenvalue weighted by atomic mass is 14.8. The minimum absolute atomic E-state index is 0.540. The summed E-state index contributed by atoms with van der Waals surface area (Å²) in [5, 5.41) is 2.19. The third-order valence-electron chi connectivity index (χ3n) is 2.98. The number of rotatable bonds is 1. The molecule has 3 rings (SSSR count). The lowest BCUT2D eigenvalue weighted by molar-refractivity contribution is 1.35. The van der Waals surface area contributed by atoms with Crippen LogP contribution in [0.2, 0.25) is 0 Å². The van der Waals surface area contributed by atoms with Crippen LogP contribution in [-0.2, 0) is 0 Å². The molecule has 0 aliphatic rings. The van der Waals surface area contributed by atoms with E-state index >= 15 is 0 Å². The summed E-state index contributed by atoms with van der Waals surface area (Å²) in [5.74, 6) is 0.540. The van der Waals surface area contributed by atoms with Crippen molar-refractivity contribution in [1.29, 1.82) is 0 Å². The molecule has 0 atom stereocenters. The number of nitrogens with zero attached hydrogens (tertiary/aromatic N) is 2. The second-order valence-electron chi connectivity index (χ2n) is 4.17. The highest BCUT2D eigenvalue weighted by Crippen LogP contribution is 2.25. The standard InChI is InChI=1S/C15H13N3/c1-2-5-10-8-12-11-6-3-4-7-13(11)17-9-14(12)18-15(10)16/h2-9H,1H3,(H2,16,18). The Bertz CT molecular complexity index is 760. The lowest BCUT2D eigenvalue weighted by Crippen LogP contribution is -1.95. The van der Waals surface area contributed by atoms with Crippen LogP contribution in [-0.4, -0.2) is 9.97 Å². The van der Waals surface area contributed by atoms with E-state index in [2.05, 4.69) is 22.1 Å². The number of allylic oxidation sites excluding steroid dienone is 1. The van der Waals surface area contributed by atoms with Crippen molar-refractivity contribution in [3.63, 3.8) is 0 Å². The number of aromatic nitrogens is 2. The van der Waals surface area contributed by atoms with E-state index < -0.39 is 0 Å². The first-order valence-electron chi connectivity index (χ1n) is 5.86. The molecule has 0 aliphatic heterocycles. The maximum absolute atomic E-state index is 5.93. The Morgan fingerprint density at radius 1 is 1.11 bits per heavy atom. The molecule has 3 heteroatoms. The maximum Gasteiger partial charge on any atom is 0.131 e. The van der Waals surface area contributed by atoms with E-state index in [9.17, 15) is 0 Å². The molecule has 0 bridgehead atoms. The summed E-state index contributed by atoms with van der Waals surface area (Å²) in [6.07, 6.45) is 5.70. The molecule has 0 radical (unpaired) electrons. The van der Waals surface area contributed by atoms with Crippen molar-refractivity contribution < 1.29 is 0 Å². The largest absolute Gasteiger partial charge is 0.383 e. The quantitative estimate of drug-likeness (QED) is 0.658. The fourth-order valence-electron chi connectivity index (χ4n) is 2.13. The number of hydrogen-bond donors (Lipinski definition) is 1. The van der Waals surface area contributed by atoms with Gasteiger partial charge in [-0.15, -0.1) is 0 Å². The Labute approximate surface area is 105 Å². The van der Waals surface area contributed by atoms with Crippen LogP contribution in [0.5, 0.6) is 0 Å². The number of fused-ring (bicyclic) bond motifs is 3. The summed E-state index contributed by atoms with van der Waals surface area (Å²) in [5.41, 5.74) is 8.68. The van der Waals surface area contributed by atoms with Gasteiger partial charge in [0.05, 0.1) is 17.2 Å². The second kappa shape index (κ2) is 4.11. The van der Waals surface area contributed by atoms with Gasteiger partial charge in [0, 0.05) is 16.3 Å². The average Bonchev–Trinajstić information content (AvgIpc) is 2.40. The Morgan fingerprint density at radius 2 is 1.94 bits per heavy atom. The number of pyridine rings is 2. The van der Waals surface area contributed by atoms with E-state index in [0.29, 0.717) is 5.82 Å². The number of benzene rings is 1. The van der Waals surface area contributed by atoms with Crippen LogP contribution < -0.4 is 5.73 Å². The van der Waals surface area contributed by atoms with Crippen LogP contribution in [0.4, 0.5) is 5.82 Å². The topological polar surface area (TPSA) is 51.8 Å². The van der Waals surface area contributed by atoms with E-state index in [1.54, 1.807) is 6.20 Å². The number of nitrogen functional groups attached to an aromatic ring is 1. The van der Waals surface area contributed by atoms with Gasteiger partial charge >= 0.3 is 0 Å². The van der Waals surface area contributed by atoms with Crippen molar-refractivity contribution in [2.45, 2.75) is 6.92 Å². The fraction of sp³-hybridized carbons (Fsp3) is 0.0667. The monoisotopic (exact) mass is 235 g/mol. The summed E-state index contributed by atoms with van der Waals surface area (Å²) in [6.45, 7) is 1.97. The molecule has 18 heavy (non-hydrogen) atoms. The van der Waals surface area contributed by atoms with Crippen molar-refractivity contribution in [2.75, 3.05) is 5.73 Å². The van der Waals surface area contributed by atoms with Gasteiger partial charge in [0.25, 0.3) is 0 Å². The first-order chi connectivity index (χ1) is 8.79. The second-order valence-corrected chi connectivity index (χ2v) is 4.17. The van der Waals surface area contributed by atoms with Crippen LogP contribution in [0.1, 0.15) is 12.5 Å². The van der Waals surface area contributed by atoms with Crippen molar-refractivity contribution in [1.82, 2.24) is 9.97 Å². The number of hydrogen-bond acceptors (Lipinski definition) is 3. The summed E-state index contributed by atoms with van der Waals surface area (Å²) < 4.78 is 0. The van der Waals surface area contributed by atoms with Crippen molar-refractivity contribution in [3.05, 3.63) is 48.2 Å². The minimum Gasteiger partial charge on any atom is -0.383 e. The predicted molar refractivity (Wildman–Crippen MR) is 76.2 cm³/mol. The van der Waals surface area contributed by atoms with E-state index in [4.69, 9.17) is 5.73 Å². The van der Waals surface area contributed by atoms with E-state index in [1.165, 1.54) is 0 Å². The zero-order valence-corrected chi connectivity index (χ0v) is 10.1. The van der Waals surface area contributed by atoms with E-state index in [0.717, 1.165) is 27.4 Å². The Kier molecular flexibility index (Phi) is 2.45. The normalized spacial score (nSPS) is 11.6. The van der Waals surface area contributed by atoms with Gasteiger partial charge < -0.3 is 5.73 Å². The first kappa shape index (κ1) is 10.7. The van der Waals surface area contributed by atoms with Gasteiger partial charge in [-0.3, -0.25) is 4.98 Å². The van der Waals surface area contributed by atoms with Crippen molar-refractivity contribution >= 4 is 33.7 Å². The molecule has 2 aromatic heterocycles. The lowest BCUT2D eigenvalue weighted by atomic mass is 10.1. The molecule has 0 saturated carbocycles. The summed E-state index contributed by atoms with van der Waals surface area (Å²) in [4.78, 5) is 8.80. The van der Waals surface area contributed by atoms with Gasteiger partial charge in [-0.1, -0.05) is 30.4 Å². The zero-order chi connectivity index (χ0) is 12.5. The Balaban J connectivity index is 2.45. The third kappa shape index (κ3) is 1.61. The molecule has 3 nitrogen and oxygen atoms in total. The summed E-state index contributed by atoms with van der Waals surface area (Å²) in [7, 11) is 0. The number of nitrogens with two attached hydrogens (primary N) is 1. The van der Waals surface area contributed by atoms with Crippen molar-refractivity contribution in [2.24, 2.45) is 0 Å². The highest BCUT2D eigenvalue weighted by molar-refractivity contribution is 6.05. The molecular weight excluding hydrogens is 222 g/mol. The summed E-state index contributed by atoms with van der Waals surface area (Å²) in [6, 6.07) is 10.1. The van der Waals surface area contributed by atoms with Crippen LogP contribution in [0.15, 0.2) is 42.6 Å². The van der Waals surface area contributed by atoms with Crippen LogP contribution in [0.25, 0.3) is 27.9 Å². The highest BCUT2D eigenvalue weighted by Gasteiger charge is 2.05. The van der Waals surface area contributed by atoms with Gasteiger partial charge in [-0.05, 0) is 19.1 Å². The van der Waals surface area contributed by atoms with E-state index in [-0.39, 0.29) is 0 Å². The molecule has 1 aromatic carbocycles. The van der Waals surface area contributed by atoms with E-state index in [1.807, 2.05) is 37.3 Å². The maximum atomic E-state index is 5.93. The fourth-order valence-corrected chi connectivity index (χ4v) is 2.13. The van der Waals surface area contributed by atoms with Crippen molar-refractivity contribution in [3.8, 4) is 0 Å². The minimum atomic E-state index is 0.540. The Hall–Kier alpha value is -2.42. The van der Waals surface area contributed by atoms with Gasteiger partial charge in [0.1, 0.15) is 5.82 Å². The zero-order valence-electron chi connectivity index (χ0n) is 10.1. The SMILES string of the molecule is CC=Cc1cc2c(cnc3ccccc32)nc1N. The number of anilines is 1. The average molecular weight is 235 g/mol. The molecule has 0 fully saturated rings. The predicted octanol–water partition coefficient (Wildman–Crippen LogP) is 3.40. The smallest absolute Gasteiger partial charge is 0.131 e. The van der Waals surface area contributed by atoms with Crippen LogP contribution in [0.3, 0.4) is 0 Å². The molecular formula is C15H13N3. The molecule has 0 unspecified atom stereocenters. The van der Waals surface area contributed by atoms with Gasteiger partial charge in [0.15, 0.2) is 0 Å². The van der Waals surface area contributed by atoms with Gasteiger partial charge in [-0.2, -0.15) is 0 Å². The molecule has 0 amide bonds. The molecule has 2 N–H and O–H groups in total. The van der Waals surface area contributed by atoms with Gasteiger partial charge in [0.2, 0.25) is 0 Å². The third-order valence-corrected chi connectivity index (χ3v) is 2.98. The summed E-state index contributed by atoms with van der Waals surface area (Å²) >= 11 is 0. The van der Waals surface area contributed by atoms with Crippen LogP contribution >= 0.6 is 0 Å². The molecule has 88 valence electrons. The molecule has 0 spiro atoms. The molecule has 2 heterocycles. The first-order valence-corrected chi connectivity index (χ1v) is 5.86.